The first kappa shape index (κ1) is 16.8. The molecule has 0 fully saturated rings. The van der Waals surface area contributed by atoms with E-state index >= 15 is 0 Å². The van der Waals surface area contributed by atoms with Gasteiger partial charge in [-0.25, -0.2) is 0 Å². The van der Waals surface area contributed by atoms with E-state index in [1.807, 2.05) is 66.7 Å². The van der Waals surface area contributed by atoms with E-state index in [1.165, 1.54) is 0 Å². The highest BCUT2D eigenvalue weighted by atomic mass is 16.5. The number of hydrogen-bond donors (Lipinski definition) is 0. The lowest BCUT2D eigenvalue weighted by atomic mass is 10.3. The molecule has 2 aromatic carbocycles. The SMILES string of the molecule is CCC(COc1ccc(Oc2ccccc2)cc1)Oc1ccncc1. The summed E-state index contributed by atoms with van der Waals surface area (Å²) in [5.41, 5.74) is 0. The molecular weight excluding hydrogens is 314 g/mol. The summed E-state index contributed by atoms with van der Waals surface area (Å²) in [5.74, 6) is 3.18. The average Bonchev–Trinajstić information content (AvgIpc) is 2.68. The summed E-state index contributed by atoms with van der Waals surface area (Å²) >= 11 is 0. The second-order valence-corrected chi connectivity index (χ2v) is 5.53. The molecule has 4 nitrogen and oxygen atoms in total. The van der Waals surface area contributed by atoms with Crippen LogP contribution in [0.1, 0.15) is 13.3 Å². The molecule has 128 valence electrons. The maximum absolute atomic E-state index is 5.90. The maximum atomic E-state index is 5.90. The molecule has 0 N–H and O–H groups in total. The summed E-state index contributed by atoms with van der Waals surface area (Å²) in [7, 11) is 0. The van der Waals surface area contributed by atoms with E-state index in [-0.39, 0.29) is 6.10 Å². The molecule has 1 unspecified atom stereocenters. The minimum absolute atomic E-state index is 0.0114. The molecule has 1 aromatic heterocycles. The van der Waals surface area contributed by atoms with Crippen LogP contribution in [-0.2, 0) is 0 Å². The number of rotatable bonds is 8. The molecule has 0 aliphatic heterocycles. The lowest BCUT2D eigenvalue weighted by molar-refractivity contribution is 0.125. The number of hydrogen-bond acceptors (Lipinski definition) is 4. The van der Waals surface area contributed by atoms with E-state index in [4.69, 9.17) is 14.2 Å². The van der Waals surface area contributed by atoms with Crippen LogP contribution in [0.4, 0.5) is 0 Å². The Hall–Kier alpha value is -3.01. The molecule has 25 heavy (non-hydrogen) atoms. The Morgan fingerprint density at radius 3 is 2.08 bits per heavy atom. The van der Waals surface area contributed by atoms with Gasteiger partial charge in [0, 0.05) is 12.4 Å². The molecule has 0 aliphatic rings. The van der Waals surface area contributed by atoms with Gasteiger partial charge in [-0.1, -0.05) is 25.1 Å². The lowest BCUT2D eigenvalue weighted by Crippen LogP contribution is -2.23. The van der Waals surface area contributed by atoms with Gasteiger partial charge in [0.15, 0.2) is 0 Å². The highest BCUT2D eigenvalue weighted by Gasteiger charge is 2.09. The zero-order valence-electron chi connectivity index (χ0n) is 14.2. The smallest absolute Gasteiger partial charge is 0.132 e. The summed E-state index contributed by atoms with van der Waals surface area (Å²) in [6, 6.07) is 21.0. The van der Waals surface area contributed by atoms with Crippen LogP contribution in [0, 0.1) is 0 Å². The fourth-order valence-electron chi connectivity index (χ4n) is 2.26. The molecule has 0 spiro atoms. The number of pyridine rings is 1. The largest absolute Gasteiger partial charge is 0.490 e. The van der Waals surface area contributed by atoms with Crippen molar-refractivity contribution in [1.82, 2.24) is 4.98 Å². The molecule has 1 atom stereocenters. The van der Waals surface area contributed by atoms with Crippen LogP contribution in [0.15, 0.2) is 79.1 Å². The normalized spacial score (nSPS) is 11.6. The highest BCUT2D eigenvalue weighted by Crippen LogP contribution is 2.23. The third-order valence-electron chi connectivity index (χ3n) is 3.65. The summed E-state index contributed by atoms with van der Waals surface area (Å²) in [4.78, 5) is 3.99. The Morgan fingerprint density at radius 2 is 1.40 bits per heavy atom. The van der Waals surface area contributed by atoms with E-state index in [0.29, 0.717) is 6.61 Å². The van der Waals surface area contributed by atoms with Gasteiger partial charge in [-0.2, -0.15) is 0 Å². The number of para-hydroxylation sites is 1. The Balaban J connectivity index is 1.52. The zero-order valence-corrected chi connectivity index (χ0v) is 14.2. The monoisotopic (exact) mass is 335 g/mol. The Kier molecular flexibility index (Phi) is 5.88. The van der Waals surface area contributed by atoms with Gasteiger partial charge in [-0.05, 0) is 55.0 Å². The molecule has 0 amide bonds. The van der Waals surface area contributed by atoms with Crippen molar-refractivity contribution in [3.63, 3.8) is 0 Å². The molecule has 0 radical (unpaired) electrons. The van der Waals surface area contributed by atoms with Crippen molar-refractivity contribution in [2.45, 2.75) is 19.4 Å². The molecule has 0 bridgehead atoms. The highest BCUT2D eigenvalue weighted by molar-refractivity contribution is 5.35. The fraction of sp³-hybridized carbons (Fsp3) is 0.190. The van der Waals surface area contributed by atoms with Crippen LogP contribution in [0.25, 0.3) is 0 Å². The second-order valence-electron chi connectivity index (χ2n) is 5.53. The Morgan fingerprint density at radius 1 is 0.760 bits per heavy atom. The lowest BCUT2D eigenvalue weighted by Gasteiger charge is -2.18. The summed E-state index contributed by atoms with van der Waals surface area (Å²) in [5, 5.41) is 0. The van der Waals surface area contributed by atoms with Crippen LogP contribution in [0.2, 0.25) is 0 Å². The van der Waals surface area contributed by atoms with Crippen molar-refractivity contribution in [2.75, 3.05) is 6.61 Å². The first-order valence-electron chi connectivity index (χ1n) is 8.36. The minimum Gasteiger partial charge on any atom is -0.490 e. The third kappa shape index (κ3) is 5.24. The van der Waals surface area contributed by atoms with Gasteiger partial charge in [-0.15, -0.1) is 0 Å². The zero-order chi connectivity index (χ0) is 17.3. The van der Waals surface area contributed by atoms with Crippen LogP contribution in [0.3, 0.4) is 0 Å². The average molecular weight is 335 g/mol. The van der Waals surface area contributed by atoms with E-state index in [2.05, 4.69) is 11.9 Å². The standard InChI is InChI=1S/C21H21NO3/c1-2-17(24-21-12-14-22-15-13-21)16-23-18-8-10-20(11-9-18)25-19-6-4-3-5-7-19/h3-15,17H,2,16H2,1H3. The topological polar surface area (TPSA) is 40.6 Å². The quantitative estimate of drug-likeness (QED) is 0.573. The predicted octanol–water partition coefficient (Wildman–Crippen LogP) is 5.11. The van der Waals surface area contributed by atoms with Gasteiger partial charge < -0.3 is 14.2 Å². The van der Waals surface area contributed by atoms with Crippen molar-refractivity contribution in [3.05, 3.63) is 79.1 Å². The van der Waals surface area contributed by atoms with Gasteiger partial charge in [-0.3, -0.25) is 4.98 Å². The van der Waals surface area contributed by atoms with Gasteiger partial charge >= 0.3 is 0 Å². The summed E-state index contributed by atoms with van der Waals surface area (Å²) < 4.78 is 17.5. The summed E-state index contributed by atoms with van der Waals surface area (Å²) in [6.45, 7) is 2.56. The first-order chi connectivity index (χ1) is 12.3. The van der Waals surface area contributed by atoms with Crippen molar-refractivity contribution in [3.8, 4) is 23.0 Å². The van der Waals surface area contributed by atoms with Crippen LogP contribution < -0.4 is 14.2 Å². The Bertz CT molecular complexity index is 745. The van der Waals surface area contributed by atoms with Crippen LogP contribution >= 0.6 is 0 Å². The van der Waals surface area contributed by atoms with Gasteiger partial charge in [0.1, 0.15) is 35.7 Å². The van der Waals surface area contributed by atoms with E-state index in [0.717, 1.165) is 29.4 Å². The predicted molar refractivity (Wildman–Crippen MR) is 97.4 cm³/mol. The van der Waals surface area contributed by atoms with E-state index in [1.54, 1.807) is 12.4 Å². The number of ether oxygens (including phenoxy) is 3. The van der Waals surface area contributed by atoms with Crippen molar-refractivity contribution >= 4 is 0 Å². The number of benzene rings is 2. The number of nitrogens with zero attached hydrogens (tertiary/aromatic N) is 1. The second kappa shape index (κ2) is 8.73. The third-order valence-corrected chi connectivity index (χ3v) is 3.65. The van der Waals surface area contributed by atoms with Gasteiger partial charge in [0.2, 0.25) is 0 Å². The number of aromatic nitrogens is 1. The molecule has 4 heteroatoms. The minimum atomic E-state index is -0.0114. The van der Waals surface area contributed by atoms with Crippen molar-refractivity contribution in [2.24, 2.45) is 0 Å². The molecule has 0 aliphatic carbocycles. The molecule has 1 heterocycles. The molecule has 0 saturated carbocycles. The van der Waals surface area contributed by atoms with E-state index in [9.17, 15) is 0 Å². The van der Waals surface area contributed by atoms with Crippen LogP contribution in [0.5, 0.6) is 23.0 Å². The fourth-order valence-corrected chi connectivity index (χ4v) is 2.26. The first-order valence-corrected chi connectivity index (χ1v) is 8.36. The molecule has 3 rings (SSSR count). The van der Waals surface area contributed by atoms with E-state index < -0.39 is 0 Å². The molecule has 3 aromatic rings. The van der Waals surface area contributed by atoms with Crippen LogP contribution in [-0.4, -0.2) is 17.7 Å². The maximum Gasteiger partial charge on any atom is 0.132 e. The van der Waals surface area contributed by atoms with Crippen molar-refractivity contribution < 1.29 is 14.2 Å². The van der Waals surface area contributed by atoms with Crippen molar-refractivity contribution in [1.29, 1.82) is 0 Å². The van der Waals surface area contributed by atoms with Gasteiger partial charge in [0.05, 0.1) is 0 Å². The van der Waals surface area contributed by atoms with Gasteiger partial charge in [0.25, 0.3) is 0 Å². The Labute approximate surface area is 148 Å². The molecule has 0 saturated heterocycles. The molecular formula is C21H21NO3. The summed E-state index contributed by atoms with van der Waals surface area (Å²) in [6.07, 6.45) is 4.28.